The smallest absolute Gasteiger partial charge is 0.262 e. The molecule has 7 heterocycles. The van der Waals surface area contributed by atoms with Gasteiger partial charge in [0.1, 0.15) is 6.04 Å². The van der Waals surface area contributed by atoms with E-state index in [1.54, 1.807) is 12.1 Å². The molecular formula is C43H53N11O4. The number of hydrogen-bond donors (Lipinski definition) is 4. The Morgan fingerprint density at radius 1 is 0.862 bits per heavy atom. The van der Waals surface area contributed by atoms with Crippen LogP contribution in [0.25, 0.3) is 11.0 Å². The Hall–Kier alpha value is -5.41. The second-order valence-electron chi connectivity index (χ2n) is 17.0. The van der Waals surface area contributed by atoms with Crippen molar-refractivity contribution in [1.82, 2.24) is 40.2 Å². The van der Waals surface area contributed by atoms with Crippen LogP contribution in [0, 0.1) is 25.7 Å². The van der Waals surface area contributed by atoms with E-state index in [4.69, 9.17) is 10.1 Å². The Labute approximate surface area is 338 Å². The number of nitrogens with one attached hydrogen (secondary N) is 4. The molecule has 4 amide bonds. The van der Waals surface area contributed by atoms with Gasteiger partial charge < -0.3 is 25.8 Å². The second kappa shape index (κ2) is 15.7. The standard InChI is InChI=1S/C43H53N11O4/c1-25-5-4-6-26(2)37(25)48-38-33-23-45-43(49-39(33)51(3)50-38)46-29-7-10-34(44-22-29)28-15-17-52(18-16-28)24-27-13-19-53(20-14-27)30-8-9-31-32(21-30)42(58)54(41(31)57)35-11-12-36(55)47-40(35)56/h4-6,8-9,21,23,27-29,34-35,44H,7,10-20,22,24H2,1-3H3,(H,48,50)(H,45,46,49)(H,47,55,56). The maximum atomic E-state index is 13.3. The highest BCUT2D eigenvalue weighted by molar-refractivity contribution is 6.23. The molecule has 2 aromatic carbocycles. The number of carbonyl (C=O) groups is 4. The van der Waals surface area contributed by atoms with Crippen LogP contribution in [0.15, 0.2) is 42.6 Å². The lowest BCUT2D eigenvalue weighted by Gasteiger charge is -2.41. The van der Waals surface area contributed by atoms with Gasteiger partial charge in [0.2, 0.25) is 17.8 Å². The Morgan fingerprint density at radius 2 is 1.62 bits per heavy atom. The fraction of sp³-hybridized carbons (Fsp3) is 0.512. The third kappa shape index (κ3) is 7.41. The first-order valence-electron chi connectivity index (χ1n) is 21.0. The first-order chi connectivity index (χ1) is 28.1. The zero-order chi connectivity index (χ0) is 40.1. The summed E-state index contributed by atoms with van der Waals surface area (Å²) < 4.78 is 1.81. The zero-order valence-electron chi connectivity index (χ0n) is 33.6. The lowest BCUT2D eigenvalue weighted by Crippen LogP contribution is -2.54. The summed E-state index contributed by atoms with van der Waals surface area (Å²) in [6, 6.07) is 11.5. The van der Waals surface area contributed by atoms with Gasteiger partial charge in [0.15, 0.2) is 11.5 Å². The second-order valence-corrected chi connectivity index (χ2v) is 17.0. The molecule has 5 aliphatic heterocycles. The third-order valence-corrected chi connectivity index (χ3v) is 13.2. The van der Waals surface area contributed by atoms with Crippen molar-refractivity contribution in [3.05, 3.63) is 64.8 Å². The molecule has 9 rings (SSSR count). The maximum Gasteiger partial charge on any atom is 0.262 e. The molecule has 0 bridgehead atoms. The summed E-state index contributed by atoms with van der Waals surface area (Å²) in [5, 5.41) is 18.8. The molecule has 5 aliphatic rings. The molecular weight excluding hydrogens is 735 g/mol. The van der Waals surface area contributed by atoms with Gasteiger partial charge in [0.25, 0.3) is 11.8 Å². The van der Waals surface area contributed by atoms with Gasteiger partial charge in [-0.2, -0.15) is 10.1 Å². The number of nitrogens with zero attached hydrogens (tertiary/aromatic N) is 7. The maximum absolute atomic E-state index is 13.3. The number of benzene rings is 2. The molecule has 15 heteroatoms. The Bertz CT molecular complexity index is 2230. The molecule has 2 aromatic heterocycles. The van der Waals surface area contributed by atoms with Gasteiger partial charge in [-0.25, -0.2) is 9.67 Å². The predicted molar refractivity (Wildman–Crippen MR) is 221 cm³/mol. The van der Waals surface area contributed by atoms with Crippen LogP contribution < -0.4 is 26.2 Å². The van der Waals surface area contributed by atoms with E-state index < -0.39 is 23.8 Å². The van der Waals surface area contributed by atoms with E-state index in [1.807, 2.05) is 24.0 Å². The molecule has 0 aliphatic carbocycles. The van der Waals surface area contributed by atoms with Crippen LogP contribution in [0.4, 0.5) is 23.1 Å². The van der Waals surface area contributed by atoms with Crippen LogP contribution in [0.2, 0.25) is 0 Å². The Balaban J connectivity index is 0.713. The van der Waals surface area contributed by atoms with Crippen LogP contribution in [-0.4, -0.2) is 111 Å². The summed E-state index contributed by atoms with van der Waals surface area (Å²) in [6.45, 7) is 10.3. The number of piperidine rings is 4. The van der Waals surface area contributed by atoms with Gasteiger partial charge >= 0.3 is 0 Å². The summed E-state index contributed by atoms with van der Waals surface area (Å²) in [4.78, 5) is 66.1. The first-order valence-corrected chi connectivity index (χ1v) is 21.0. The summed E-state index contributed by atoms with van der Waals surface area (Å²) in [6.07, 6.45) is 8.92. The third-order valence-electron chi connectivity index (χ3n) is 13.2. The largest absolute Gasteiger partial charge is 0.371 e. The number of para-hydroxylation sites is 1. The van der Waals surface area contributed by atoms with Crippen molar-refractivity contribution >= 4 is 57.8 Å². The molecule has 0 spiro atoms. The lowest BCUT2D eigenvalue weighted by atomic mass is 9.83. The van der Waals surface area contributed by atoms with E-state index in [9.17, 15) is 19.2 Å². The van der Waals surface area contributed by atoms with Crippen molar-refractivity contribution in [2.75, 3.05) is 54.8 Å². The van der Waals surface area contributed by atoms with Crippen LogP contribution in [-0.2, 0) is 16.6 Å². The van der Waals surface area contributed by atoms with Crippen LogP contribution in [0.1, 0.15) is 83.2 Å². The molecule has 3 unspecified atom stereocenters. The summed E-state index contributed by atoms with van der Waals surface area (Å²) in [5.41, 5.74) is 5.78. The molecule has 3 atom stereocenters. The molecule has 15 nitrogen and oxygen atoms in total. The van der Waals surface area contributed by atoms with E-state index in [0.717, 1.165) is 98.1 Å². The lowest BCUT2D eigenvalue weighted by molar-refractivity contribution is -0.136. The van der Waals surface area contributed by atoms with Crippen molar-refractivity contribution in [3.8, 4) is 0 Å². The molecule has 58 heavy (non-hydrogen) atoms. The summed E-state index contributed by atoms with van der Waals surface area (Å²) >= 11 is 0. The number of fused-ring (bicyclic) bond motifs is 2. The van der Waals surface area contributed by atoms with Crippen molar-refractivity contribution in [3.63, 3.8) is 0 Å². The SMILES string of the molecule is Cc1cccc(C)c1Nc1nn(C)c2nc(NC3CCC(C4CCN(CC5CCN(c6ccc7c(c6)C(=O)N(C6CCC(=O)NC6=O)C7=O)CC5)CC4)NC3)ncc12. The number of anilines is 4. The van der Waals surface area contributed by atoms with Crippen LogP contribution in [0.3, 0.4) is 0 Å². The van der Waals surface area contributed by atoms with E-state index in [1.165, 1.54) is 24.0 Å². The number of aromatic nitrogens is 4. The predicted octanol–water partition coefficient (Wildman–Crippen LogP) is 4.29. The fourth-order valence-corrected chi connectivity index (χ4v) is 9.85. The number of carbonyl (C=O) groups excluding carboxylic acids is 4. The highest BCUT2D eigenvalue weighted by Crippen LogP contribution is 2.34. The van der Waals surface area contributed by atoms with Gasteiger partial charge in [0.05, 0.1) is 16.5 Å². The summed E-state index contributed by atoms with van der Waals surface area (Å²) in [7, 11) is 1.92. The Morgan fingerprint density at radius 3 is 2.34 bits per heavy atom. The number of amides is 4. The van der Waals surface area contributed by atoms with E-state index >= 15 is 0 Å². The molecule has 304 valence electrons. The summed E-state index contributed by atoms with van der Waals surface area (Å²) in [5.74, 6) is 0.813. The van der Waals surface area contributed by atoms with Crippen LogP contribution in [0.5, 0.6) is 0 Å². The molecule has 4 fully saturated rings. The monoisotopic (exact) mass is 787 g/mol. The van der Waals surface area contributed by atoms with Crippen molar-refractivity contribution < 1.29 is 19.2 Å². The molecule has 4 aromatic rings. The Kier molecular flexibility index (Phi) is 10.3. The fourth-order valence-electron chi connectivity index (χ4n) is 9.85. The topological polar surface area (TPSA) is 170 Å². The van der Waals surface area contributed by atoms with Gasteiger partial charge in [-0.3, -0.25) is 29.4 Å². The molecule has 4 N–H and O–H groups in total. The van der Waals surface area contributed by atoms with Gasteiger partial charge in [-0.15, -0.1) is 0 Å². The minimum absolute atomic E-state index is 0.108. The number of hydrogen-bond acceptors (Lipinski definition) is 12. The first kappa shape index (κ1) is 38.1. The van der Waals surface area contributed by atoms with E-state index in [0.29, 0.717) is 35.0 Å². The number of aryl methyl sites for hydroxylation is 3. The van der Waals surface area contributed by atoms with Gasteiger partial charge in [-0.05, 0) is 113 Å². The molecule has 0 radical (unpaired) electrons. The molecule has 4 saturated heterocycles. The van der Waals surface area contributed by atoms with Crippen molar-refractivity contribution in [2.45, 2.75) is 83.3 Å². The van der Waals surface area contributed by atoms with Crippen LogP contribution >= 0.6 is 0 Å². The number of rotatable bonds is 9. The van der Waals surface area contributed by atoms with Gasteiger partial charge in [-0.1, -0.05) is 18.2 Å². The average molecular weight is 788 g/mol. The highest BCUT2D eigenvalue weighted by atomic mass is 16.2. The number of likely N-dealkylation sites (tertiary alicyclic amines) is 1. The normalized spacial score (nSPS) is 23.7. The quantitative estimate of drug-likeness (QED) is 0.178. The van der Waals surface area contributed by atoms with E-state index in [-0.39, 0.29) is 24.8 Å². The minimum Gasteiger partial charge on any atom is -0.371 e. The van der Waals surface area contributed by atoms with Crippen molar-refractivity contribution in [1.29, 1.82) is 0 Å². The van der Waals surface area contributed by atoms with E-state index in [2.05, 4.69) is 68.1 Å². The molecule has 0 saturated carbocycles. The zero-order valence-corrected chi connectivity index (χ0v) is 33.6. The average Bonchev–Trinajstić information content (AvgIpc) is 3.67. The number of imide groups is 2. The minimum atomic E-state index is -0.952. The van der Waals surface area contributed by atoms with Crippen molar-refractivity contribution in [2.24, 2.45) is 18.9 Å². The van der Waals surface area contributed by atoms with Gasteiger partial charge in [0, 0.05) is 69.3 Å². The highest BCUT2D eigenvalue weighted by Gasteiger charge is 2.45.